The van der Waals surface area contributed by atoms with E-state index >= 15 is 0 Å². The predicted octanol–water partition coefficient (Wildman–Crippen LogP) is 0.933. The molecule has 0 amide bonds. The Hall–Kier alpha value is 0.0700. The van der Waals surface area contributed by atoms with E-state index in [-0.39, 0.29) is 6.04 Å². The minimum Gasteiger partial charge on any atom is -0.302 e. The van der Waals surface area contributed by atoms with Gasteiger partial charge in [-0.2, -0.15) is 10.1 Å². The average molecular weight is 195 g/mol. The lowest BCUT2D eigenvalue weighted by molar-refractivity contribution is 0.0860. The van der Waals surface area contributed by atoms with E-state index in [1.165, 1.54) is 6.42 Å². The van der Waals surface area contributed by atoms with E-state index in [2.05, 4.69) is 10.1 Å². The van der Waals surface area contributed by atoms with Crippen LogP contribution in [-0.2, 0) is 9.19 Å². The van der Waals surface area contributed by atoms with Crippen molar-refractivity contribution in [3.63, 3.8) is 0 Å². The smallest absolute Gasteiger partial charge is 0.302 e. The fourth-order valence-electron chi connectivity index (χ4n) is 1.36. The van der Waals surface area contributed by atoms with Gasteiger partial charge in [-0.3, -0.25) is 0 Å². The molecule has 3 N–H and O–H groups in total. The second-order valence-electron chi connectivity index (χ2n) is 3.03. The summed E-state index contributed by atoms with van der Waals surface area (Å²) in [5.41, 5.74) is 2.40. The van der Waals surface area contributed by atoms with Crippen LogP contribution in [-0.4, -0.2) is 15.8 Å². The molecule has 5 nitrogen and oxygen atoms in total. The molecule has 0 saturated heterocycles. The Bertz CT molecular complexity index is 174. The van der Waals surface area contributed by atoms with Crippen LogP contribution in [0.1, 0.15) is 32.1 Å². The van der Waals surface area contributed by atoms with Gasteiger partial charge < -0.3 is 9.79 Å². The van der Waals surface area contributed by atoms with Crippen molar-refractivity contribution in [1.82, 2.24) is 5.48 Å². The summed E-state index contributed by atoms with van der Waals surface area (Å²) in [7, 11) is -4.34. The summed E-state index contributed by atoms with van der Waals surface area (Å²) in [4.78, 5) is 16.7. The van der Waals surface area contributed by atoms with Gasteiger partial charge in [0.15, 0.2) is 0 Å². The number of hydrogen-bond acceptors (Lipinski definition) is 3. The second-order valence-corrected chi connectivity index (χ2v) is 4.20. The highest BCUT2D eigenvalue weighted by Gasteiger charge is 2.19. The molecule has 0 aromatic heterocycles. The molecule has 0 atom stereocenters. The number of nitrogens with one attached hydrogen (secondary N) is 1. The van der Waals surface area contributed by atoms with Crippen LogP contribution >= 0.6 is 7.82 Å². The lowest BCUT2D eigenvalue weighted by Crippen LogP contribution is -2.30. The van der Waals surface area contributed by atoms with Crippen molar-refractivity contribution < 1.29 is 19.0 Å². The SMILES string of the molecule is O=P(O)(O)ONC1CCCCC1. The van der Waals surface area contributed by atoms with E-state index in [9.17, 15) is 4.57 Å². The maximum absolute atomic E-state index is 10.3. The zero-order valence-electron chi connectivity index (χ0n) is 6.77. The van der Waals surface area contributed by atoms with E-state index in [0.717, 1.165) is 25.7 Å². The minimum absolute atomic E-state index is 0.103. The van der Waals surface area contributed by atoms with E-state index < -0.39 is 7.82 Å². The Balaban J connectivity index is 2.17. The fraction of sp³-hybridized carbons (Fsp3) is 1.00. The quantitative estimate of drug-likeness (QED) is 0.461. The van der Waals surface area contributed by atoms with Crippen LogP contribution in [0.2, 0.25) is 0 Å². The van der Waals surface area contributed by atoms with Gasteiger partial charge in [-0.15, -0.1) is 0 Å². The molecular formula is C6H14NO4P. The Labute approximate surface area is 71.3 Å². The Morgan fingerprint density at radius 2 is 1.83 bits per heavy atom. The highest BCUT2D eigenvalue weighted by Crippen LogP contribution is 2.34. The van der Waals surface area contributed by atoms with E-state index in [4.69, 9.17) is 9.79 Å². The van der Waals surface area contributed by atoms with Crippen LogP contribution in [0.3, 0.4) is 0 Å². The van der Waals surface area contributed by atoms with Gasteiger partial charge >= 0.3 is 7.82 Å². The first-order chi connectivity index (χ1) is 5.58. The fourth-order valence-corrected chi connectivity index (χ4v) is 1.65. The average Bonchev–Trinajstić information content (AvgIpc) is 2.02. The summed E-state index contributed by atoms with van der Waals surface area (Å²) in [6.07, 6.45) is 5.26. The standard InChI is InChI=1S/C6H14NO4P/c8-12(9,10)11-7-6-4-2-1-3-5-6/h6-7H,1-5H2,(H2,8,9,10). The molecule has 1 saturated carbocycles. The zero-order chi connectivity index (χ0) is 9.03. The van der Waals surface area contributed by atoms with Crippen molar-refractivity contribution >= 4 is 7.82 Å². The summed E-state index contributed by atoms with van der Waals surface area (Å²) in [6, 6.07) is 0.103. The Morgan fingerprint density at radius 1 is 1.25 bits per heavy atom. The summed E-state index contributed by atoms with van der Waals surface area (Å²) < 4.78 is 14.5. The van der Waals surface area contributed by atoms with Crippen LogP contribution in [0, 0.1) is 0 Å². The number of hydroxylamine groups is 1. The third-order valence-electron chi connectivity index (χ3n) is 1.94. The molecule has 72 valence electrons. The van der Waals surface area contributed by atoms with E-state index in [1.807, 2.05) is 0 Å². The highest BCUT2D eigenvalue weighted by molar-refractivity contribution is 7.46. The third kappa shape index (κ3) is 4.18. The lowest BCUT2D eigenvalue weighted by Gasteiger charge is -2.21. The summed E-state index contributed by atoms with van der Waals surface area (Å²) in [6.45, 7) is 0. The number of rotatable bonds is 3. The van der Waals surface area contributed by atoms with Gasteiger partial charge in [0.05, 0.1) is 0 Å². The lowest BCUT2D eigenvalue weighted by atomic mass is 9.96. The maximum atomic E-state index is 10.3. The molecule has 0 radical (unpaired) electrons. The minimum atomic E-state index is -4.34. The molecule has 0 heterocycles. The van der Waals surface area contributed by atoms with Crippen molar-refractivity contribution in [2.75, 3.05) is 0 Å². The van der Waals surface area contributed by atoms with Crippen LogP contribution < -0.4 is 5.48 Å². The van der Waals surface area contributed by atoms with Crippen LogP contribution in [0.4, 0.5) is 0 Å². The van der Waals surface area contributed by atoms with E-state index in [1.54, 1.807) is 0 Å². The molecule has 12 heavy (non-hydrogen) atoms. The van der Waals surface area contributed by atoms with Crippen molar-refractivity contribution in [2.24, 2.45) is 0 Å². The molecule has 0 unspecified atom stereocenters. The largest absolute Gasteiger partial charge is 0.486 e. The topological polar surface area (TPSA) is 78.8 Å². The van der Waals surface area contributed by atoms with Gasteiger partial charge in [0.2, 0.25) is 0 Å². The van der Waals surface area contributed by atoms with Crippen molar-refractivity contribution in [3.8, 4) is 0 Å². The van der Waals surface area contributed by atoms with Gasteiger partial charge in [-0.05, 0) is 12.8 Å². The monoisotopic (exact) mass is 195 g/mol. The first-order valence-corrected chi connectivity index (χ1v) is 5.60. The van der Waals surface area contributed by atoms with Gasteiger partial charge in [0.1, 0.15) is 0 Å². The molecule has 0 aromatic rings. The molecule has 1 rings (SSSR count). The number of hydrogen-bond donors (Lipinski definition) is 3. The highest BCUT2D eigenvalue weighted by atomic mass is 31.2. The third-order valence-corrected chi connectivity index (χ3v) is 2.29. The normalized spacial score (nSPS) is 21.2. The van der Waals surface area contributed by atoms with E-state index in [0.29, 0.717) is 0 Å². The van der Waals surface area contributed by atoms with Gasteiger partial charge in [0, 0.05) is 6.04 Å². The van der Waals surface area contributed by atoms with Gasteiger partial charge in [0.25, 0.3) is 0 Å². The molecule has 1 aliphatic carbocycles. The van der Waals surface area contributed by atoms with Crippen molar-refractivity contribution in [2.45, 2.75) is 38.1 Å². The Kier molecular flexibility index (Phi) is 3.68. The van der Waals surface area contributed by atoms with Crippen molar-refractivity contribution in [1.29, 1.82) is 0 Å². The summed E-state index contributed by atoms with van der Waals surface area (Å²) >= 11 is 0. The summed E-state index contributed by atoms with van der Waals surface area (Å²) in [5.74, 6) is 0. The zero-order valence-corrected chi connectivity index (χ0v) is 7.67. The Morgan fingerprint density at radius 3 is 2.33 bits per heavy atom. The summed E-state index contributed by atoms with van der Waals surface area (Å²) in [5, 5.41) is 0. The first-order valence-electron chi connectivity index (χ1n) is 4.07. The first kappa shape index (κ1) is 10.2. The van der Waals surface area contributed by atoms with Gasteiger partial charge in [-0.25, -0.2) is 4.57 Å². The molecule has 0 spiro atoms. The molecule has 0 aromatic carbocycles. The molecule has 1 fully saturated rings. The van der Waals surface area contributed by atoms with Crippen LogP contribution in [0.15, 0.2) is 0 Å². The molecule has 6 heteroatoms. The number of phosphoric acid groups is 1. The predicted molar refractivity (Wildman–Crippen MR) is 43.1 cm³/mol. The van der Waals surface area contributed by atoms with Crippen molar-refractivity contribution in [3.05, 3.63) is 0 Å². The molecule has 1 aliphatic rings. The van der Waals surface area contributed by atoms with Crippen LogP contribution in [0.5, 0.6) is 0 Å². The van der Waals surface area contributed by atoms with Crippen LogP contribution in [0.25, 0.3) is 0 Å². The molecular weight excluding hydrogens is 181 g/mol. The molecule has 0 aliphatic heterocycles. The van der Waals surface area contributed by atoms with Gasteiger partial charge in [-0.1, -0.05) is 19.3 Å². The second kappa shape index (κ2) is 4.35. The maximum Gasteiger partial charge on any atom is 0.486 e. The molecule has 0 bridgehead atoms.